The van der Waals surface area contributed by atoms with Gasteiger partial charge in [0.1, 0.15) is 4.32 Å². The first kappa shape index (κ1) is 14.6. The van der Waals surface area contributed by atoms with Crippen molar-refractivity contribution in [2.75, 3.05) is 10.2 Å². The Hall–Kier alpha value is -1.37. The lowest BCUT2D eigenvalue weighted by molar-refractivity contribution is -0.116. The molecule has 0 aromatic heterocycles. The second-order valence-electron chi connectivity index (χ2n) is 4.42. The lowest BCUT2D eigenvalue weighted by Gasteiger charge is -2.16. The fourth-order valence-corrected chi connectivity index (χ4v) is 3.66. The topological polar surface area (TPSA) is 32.3 Å². The lowest BCUT2D eigenvalue weighted by Crippen LogP contribution is -2.34. The normalized spacial score (nSPS) is 18.1. The summed E-state index contributed by atoms with van der Waals surface area (Å²) in [6.45, 7) is 0. The number of thiocarbonyl (C=S) groups is 1. The van der Waals surface area contributed by atoms with Crippen molar-refractivity contribution in [3.63, 3.8) is 0 Å². The van der Waals surface area contributed by atoms with Gasteiger partial charge in [-0.05, 0) is 36.4 Å². The van der Waals surface area contributed by atoms with E-state index in [2.05, 4.69) is 21.2 Å². The zero-order chi connectivity index (χ0) is 14.8. The highest BCUT2D eigenvalue weighted by Crippen LogP contribution is 2.32. The fraction of sp³-hybridized carbons (Fsp3) is 0.0667. The number of para-hydroxylation sites is 1. The van der Waals surface area contributed by atoms with Gasteiger partial charge >= 0.3 is 0 Å². The van der Waals surface area contributed by atoms with Crippen LogP contribution < -0.4 is 10.2 Å². The first-order valence-electron chi connectivity index (χ1n) is 6.27. The van der Waals surface area contributed by atoms with E-state index in [-0.39, 0.29) is 11.3 Å². The second kappa shape index (κ2) is 6.17. The average Bonchev–Trinajstić information content (AvgIpc) is 2.77. The molecule has 106 valence electrons. The molecule has 0 aliphatic carbocycles. The molecular weight excluding hydrogens is 368 g/mol. The Morgan fingerprint density at radius 1 is 1.10 bits per heavy atom. The average molecular weight is 379 g/mol. The number of thioether (sulfide) groups is 1. The van der Waals surface area contributed by atoms with Crippen LogP contribution in [-0.2, 0) is 4.79 Å². The molecule has 3 rings (SSSR count). The number of benzene rings is 2. The van der Waals surface area contributed by atoms with Gasteiger partial charge in [-0.1, -0.05) is 58.1 Å². The Labute approximate surface area is 140 Å². The molecule has 0 radical (unpaired) electrons. The first-order valence-corrected chi connectivity index (χ1v) is 8.35. The number of anilines is 2. The van der Waals surface area contributed by atoms with Crippen molar-refractivity contribution in [2.24, 2.45) is 0 Å². The standard InChI is InChI=1S/C15H11BrN2OS2/c16-10-6-8-11(9-7-10)17-13-14(19)18(15(20)21-13)12-4-2-1-3-5-12/h1-9,13,17H/t13-/m0/s1. The molecule has 1 atom stereocenters. The summed E-state index contributed by atoms with van der Waals surface area (Å²) >= 11 is 10.1. The minimum atomic E-state index is -0.390. The van der Waals surface area contributed by atoms with E-state index in [9.17, 15) is 4.79 Å². The Kier molecular flexibility index (Phi) is 4.28. The van der Waals surface area contributed by atoms with E-state index >= 15 is 0 Å². The summed E-state index contributed by atoms with van der Waals surface area (Å²) in [5, 5.41) is 2.82. The molecule has 21 heavy (non-hydrogen) atoms. The van der Waals surface area contributed by atoms with E-state index in [0.29, 0.717) is 4.32 Å². The monoisotopic (exact) mass is 378 g/mol. The largest absolute Gasteiger partial charge is 0.365 e. The molecule has 2 aromatic carbocycles. The molecule has 1 N–H and O–H groups in total. The Bertz CT molecular complexity index is 676. The zero-order valence-corrected chi connectivity index (χ0v) is 14.0. The minimum absolute atomic E-state index is 0.0425. The molecule has 6 heteroatoms. The number of carbonyl (C=O) groups excluding carboxylic acids is 1. The van der Waals surface area contributed by atoms with Crippen LogP contribution in [-0.4, -0.2) is 15.6 Å². The summed E-state index contributed by atoms with van der Waals surface area (Å²) in [6.07, 6.45) is 0. The number of carbonyl (C=O) groups is 1. The molecule has 0 saturated carbocycles. The smallest absolute Gasteiger partial charge is 0.266 e. The SMILES string of the molecule is O=C1[C@@H](Nc2ccc(Br)cc2)SC(=S)N1c1ccccc1. The molecule has 0 unspecified atom stereocenters. The predicted molar refractivity (Wildman–Crippen MR) is 95.7 cm³/mol. The highest BCUT2D eigenvalue weighted by atomic mass is 79.9. The van der Waals surface area contributed by atoms with Crippen molar-refractivity contribution < 1.29 is 4.79 Å². The quantitative estimate of drug-likeness (QED) is 0.809. The Morgan fingerprint density at radius 2 is 1.76 bits per heavy atom. The molecular formula is C15H11BrN2OS2. The van der Waals surface area contributed by atoms with E-state index in [0.717, 1.165) is 15.8 Å². The first-order chi connectivity index (χ1) is 10.1. The van der Waals surface area contributed by atoms with Crippen molar-refractivity contribution >= 4 is 61.5 Å². The molecule has 0 bridgehead atoms. The third-order valence-corrected chi connectivity index (χ3v) is 4.94. The summed E-state index contributed by atoms with van der Waals surface area (Å²) < 4.78 is 1.57. The maximum absolute atomic E-state index is 12.5. The number of hydrogen-bond donors (Lipinski definition) is 1. The van der Waals surface area contributed by atoms with Crippen LogP contribution in [0.15, 0.2) is 59.1 Å². The number of amides is 1. The van der Waals surface area contributed by atoms with E-state index in [1.54, 1.807) is 4.90 Å². The van der Waals surface area contributed by atoms with E-state index < -0.39 is 0 Å². The molecule has 1 heterocycles. The van der Waals surface area contributed by atoms with Gasteiger partial charge in [0, 0.05) is 10.2 Å². The van der Waals surface area contributed by atoms with Crippen molar-refractivity contribution in [1.82, 2.24) is 0 Å². The van der Waals surface area contributed by atoms with Gasteiger partial charge < -0.3 is 5.32 Å². The van der Waals surface area contributed by atoms with E-state index in [1.807, 2.05) is 54.6 Å². The van der Waals surface area contributed by atoms with Crippen molar-refractivity contribution in [1.29, 1.82) is 0 Å². The molecule has 1 aliphatic heterocycles. The summed E-state index contributed by atoms with van der Waals surface area (Å²) in [5.41, 5.74) is 1.70. The number of nitrogens with zero attached hydrogens (tertiary/aromatic N) is 1. The van der Waals surface area contributed by atoms with Crippen LogP contribution in [0.25, 0.3) is 0 Å². The molecule has 1 amide bonds. The number of halogens is 1. The van der Waals surface area contributed by atoms with Gasteiger partial charge in [-0.3, -0.25) is 9.69 Å². The van der Waals surface area contributed by atoms with Crippen LogP contribution in [0.3, 0.4) is 0 Å². The summed E-state index contributed by atoms with van der Waals surface area (Å²) in [7, 11) is 0. The van der Waals surface area contributed by atoms with Gasteiger partial charge in [-0.25, -0.2) is 0 Å². The molecule has 2 aromatic rings. The highest BCUT2D eigenvalue weighted by Gasteiger charge is 2.37. The van der Waals surface area contributed by atoms with Crippen molar-refractivity contribution in [2.45, 2.75) is 5.37 Å². The van der Waals surface area contributed by atoms with Crippen LogP contribution in [0.4, 0.5) is 11.4 Å². The highest BCUT2D eigenvalue weighted by molar-refractivity contribution is 9.10. The van der Waals surface area contributed by atoms with Crippen LogP contribution in [0.1, 0.15) is 0 Å². The second-order valence-corrected chi connectivity index (χ2v) is 7.08. The van der Waals surface area contributed by atoms with Gasteiger partial charge in [0.15, 0.2) is 5.37 Å². The number of nitrogens with one attached hydrogen (secondary N) is 1. The van der Waals surface area contributed by atoms with Crippen LogP contribution in [0, 0.1) is 0 Å². The summed E-state index contributed by atoms with van der Waals surface area (Å²) in [6, 6.07) is 17.2. The van der Waals surface area contributed by atoms with Gasteiger partial charge in [0.25, 0.3) is 5.91 Å². The summed E-state index contributed by atoms with van der Waals surface area (Å²) in [4.78, 5) is 14.1. The van der Waals surface area contributed by atoms with Gasteiger partial charge in [0.2, 0.25) is 0 Å². The molecule has 1 aliphatic rings. The molecule has 3 nitrogen and oxygen atoms in total. The lowest BCUT2D eigenvalue weighted by atomic mass is 10.3. The van der Waals surface area contributed by atoms with E-state index in [4.69, 9.17) is 12.2 Å². The molecule has 0 spiro atoms. The Morgan fingerprint density at radius 3 is 2.43 bits per heavy atom. The summed E-state index contributed by atoms with van der Waals surface area (Å²) in [5.74, 6) is -0.0425. The van der Waals surface area contributed by atoms with Crippen molar-refractivity contribution in [3.8, 4) is 0 Å². The predicted octanol–water partition coefficient (Wildman–Crippen LogP) is 4.25. The number of rotatable bonds is 3. The molecule has 1 saturated heterocycles. The van der Waals surface area contributed by atoms with Crippen molar-refractivity contribution in [3.05, 3.63) is 59.1 Å². The molecule has 1 fully saturated rings. The maximum Gasteiger partial charge on any atom is 0.266 e. The van der Waals surface area contributed by atoms with Crippen LogP contribution in [0.5, 0.6) is 0 Å². The maximum atomic E-state index is 12.5. The number of hydrogen-bond acceptors (Lipinski definition) is 4. The van der Waals surface area contributed by atoms with E-state index in [1.165, 1.54) is 11.8 Å². The zero-order valence-electron chi connectivity index (χ0n) is 10.8. The van der Waals surface area contributed by atoms with Crippen LogP contribution in [0.2, 0.25) is 0 Å². The van der Waals surface area contributed by atoms with Crippen LogP contribution >= 0.6 is 39.9 Å². The Balaban J connectivity index is 1.79. The van der Waals surface area contributed by atoms with Gasteiger partial charge in [-0.15, -0.1) is 0 Å². The third kappa shape index (κ3) is 3.12. The minimum Gasteiger partial charge on any atom is -0.365 e. The van der Waals surface area contributed by atoms with Gasteiger partial charge in [0.05, 0.1) is 5.69 Å². The third-order valence-electron chi connectivity index (χ3n) is 3.00. The van der Waals surface area contributed by atoms with Gasteiger partial charge in [-0.2, -0.15) is 0 Å². The fourth-order valence-electron chi connectivity index (χ4n) is 2.01.